The summed E-state index contributed by atoms with van der Waals surface area (Å²) in [5.41, 5.74) is 2.01. The van der Waals surface area contributed by atoms with Crippen molar-refractivity contribution in [2.75, 3.05) is 18.5 Å². The molecule has 3 heteroatoms. The van der Waals surface area contributed by atoms with E-state index in [0.29, 0.717) is 0 Å². The summed E-state index contributed by atoms with van der Waals surface area (Å²) >= 11 is 3.43. The van der Waals surface area contributed by atoms with Crippen molar-refractivity contribution >= 4 is 22.2 Å². The third kappa shape index (κ3) is 8.17. The number of halogens is 1. The van der Waals surface area contributed by atoms with Gasteiger partial charge in [-0.05, 0) is 31.2 Å². The molecule has 0 aliphatic heterocycles. The second-order valence-corrected chi connectivity index (χ2v) is 5.47. The molecule has 0 radical (unpaired) electrons. The zero-order chi connectivity index (χ0) is 13.8. The van der Waals surface area contributed by atoms with Gasteiger partial charge in [0, 0.05) is 24.1 Å². The number of benzene rings is 1. The molecule has 1 rings (SSSR count). The van der Waals surface area contributed by atoms with Gasteiger partial charge in [-0.15, -0.1) is 0 Å². The molecule has 0 fully saturated rings. The highest BCUT2D eigenvalue weighted by molar-refractivity contribution is 9.09. The highest BCUT2D eigenvalue weighted by atomic mass is 79.9. The molecule has 2 nitrogen and oxygen atoms in total. The van der Waals surface area contributed by atoms with E-state index in [4.69, 9.17) is 4.74 Å². The number of alkyl halides is 1. The van der Waals surface area contributed by atoms with Gasteiger partial charge in [-0.25, -0.2) is 0 Å². The second kappa shape index (κ2) is 11.2. The second-order valence-electron chi connectivity index (χ2n) is 4.68. The van der Waals surface area contributed by atoms with Gasteiger partial charge >= 0.3 is 0 Å². The summed E-state index contributed by atoms with van der Waals surface area (Å²) in [5, 5.41) is 1.11. The Labute approximate surface area is 124 Å². The van der Waals surface area contributed by atoms with Gasteiger partial charge in [-0.3, -0.25) is 4.79 Å². The van der Waals surface area contributed by atoms with Crippen LogP contribution in [0.4, 0.5) is 0 Å². The van der Waals surface area contributed by atoms with Gasteiger partial charge in [0.25, 0.3) is 0 Å². The van der Waals surface area contributed by atoms with Crippen molar-refractivity contribution in [3.63, 3.8) is 0 Å². The van der Waals surface area contributed by atoms with E-state index in [1.807, 2.05) is 24.3 Å². The number of hydrogen-bond acceptors (Lipinski definition) is 2. The molecular weight excluding hydrogens is 304 g/mol. The molecule has 0 heterocycles. The largest absolute Gasteiger partial charge is 0.381 e. The Morgan fingerprint density at radius 3 is 2.32 bits per heavy atom. The summed E-state index contributed by atoms with van der Waals surface area (Å²) in [6.45, 7) is 1.71. The highest BCUT2D eigenvalue weighted by Gasteiger charge is 1.95. The Balaban J connectivity index is 1.96. The average molecular weight is 327 g/mol. The van der Waals surface area contributed by atoms with Crippen LogP contribution in [0.1, 0.15) is 48.0 Å². The number of hydrogen-bond donors (Lipinski definition) is 0. The number of carbonyl (C=O) groups excluding carboxylic acids is 1. The van der Waals surface area contributed by atoms with Crippen LogP contribution in [-0.4, -0.2) is 24.8 Å². The lowest BCUT2D eigenvalue weighted by Gasteiger charge is -2.04. The van der Waals surface area contributed by atoms with Gasteiger partial charge in [0.1, 0.15) is 6.29 Å². The van der Waals surface area contributed by atoms with E-state index in [0.717, 1.165) is 43.2 Å². The van der Waals surface area contributed by atoms with Gasteiger partial charge in [0.15, 0.2) is 0 Å². The van der Waals surface area contributed by atoms with Crippen LogP contribution in [0.3, 0.4) is 0 Å². The van der Waals surface area contributed by atoms with E-state index in [-0.39, 0.29) is 0 Å². The Morgan fingerprint density at radius 2 is 1.63 bits per heavy atom. The third-order valence-corrected chi connectivity index (χ3v) is 3.60. The Bertz CT molecular complexity index is 335. The molecule has 0 saturated heterocycles. The van der Waals surface area contributed by atoms with E-state index in [9.17, 15) is 4.79 Å². The molecule has 0 N–H and O–H groups in total. The fourth-order valence-electron chi connectivity index (χ4n) is 1.90. The minimum Gasteiger partial charge on any atom is -0.381 e. The van der Waals surface area contributed by atoms with Crippen molar-refractivity contribution in [2.45, 2.75) is 38.5 Å². The molecule has 0 bridgehead atoms. The zero-order valence-corrected chi connectivity index (χ0v) is 13.0. The van der Waals surface area contributed by atoms with Crippen LogP contribution in [0.25, 0.3) is 0 Å². The highest BCUT2D eigenvalue weighted by Crippen LogP contribution is 2.06. The first-order chi connectivity index (χ1) is 9.36. The number of aryl methyl sites for hydroxylation is 1. The van der Waals surface area contributed by atoms with Gasteiger partial charge < -0.3 is 4.74 Å². The van der Waals surface area contributed by atoms with Crippen molar-refractivity contribution in [1.82, 2.24) is 0 Å². The van der Waals surface area contributed by atoms with E-state index in [1.165, 1.54) is 31.2 Å². The molecule has 0 aliphatic rings. The number of rotatable bonds is 11. The summed E-state index contributed by atoms with van der Waals surface area (Å²) in [5.74, 6) is 0. The van der Waals surface area contributed by atoms with Crippen LogP contribution < -0.4 is 0 Å². The van der Waals surface area contributed by atoms with Crippen LogP contribution in [0.2, 0.25) is 0 Å². The smallest absolute Gasteiger partial charge is 0.150 e. The predicted octanol–water partition coefficient (Wildman–Crippen LogP) is 4.40. The molecule has 0 spiro atoms. The molecule has 19 heavy (non-hydrogen) atoms. The molecule has 1 aromatic rings. The van der Waals surface area contributed by atoms with E-state index >= 15 is 0 Å². The fraction of sp³-hybridized carbons (Fsp3) is 0.562. The molecule has 1 aromatic carbocycles. The SMILES string of the molecule is O=Cc1ccc(CCCOCCCCCCBr)cc1. The standard InChI is InChI=1S/C16H23BrO2/c17-11-3-1-2-4-12-19-13-5-6-15-7-9-16(14-18)10-8-15/h7-10,14H,1-6,11-13H2. The summed E-state index contributed by atoms with van der Waals surface area (Å²) in [6.07, 6.45) is 7.92. The fourth-order valence-corrected chi connectivity index (χ4v) is 2.29. The third-order valence-electron chi connectivity index (χ3n) is 3.04. The Morgan fingerprint density at radius 1 is 0.947 bits per heavy atom. The lowest BCUT2D eigenvalue weighted by Crippen LogP contribution is -1.99. The maximum absolute atomic E-state index is 10.5. The van der Waals surface area contributed by atoms with Crippen molar-refractivity contribution < 1.29 is 9.53 Å². The summed E-state index contributed by atoms with van der Waals surface area (Å²) < 4.78 is 5.61. The topological polar surface area (TPSA) is 26.3 Å². The van der Waals surface area contributed by atoms with Crippen LogP contribution in [0.15, 0.2) is 24.3 Å². The van der Waals surface area contributed by atoms with Crippen molar-refractivity contribution in [3.8, 4) is 0 Å². The van der Waals surface area contributed by atoms with Gasteiger partial charge in [0.05, 0.1) is 0 Å². The van der Waals surface area contributed by atoms with E-state index in [2.05, 4.69) is 15.9 Å². The molecule has 0 aliphatic carbocycles. The van der Waals surface area contributed by atoms with Crippen molar-refractivity contribution in [1.29, 1.82) is 0 Å². The Kier molecular flexibility index (Phi) is 9.64. The monoisotopic (exact) mass is 326 g/mol. The van der Waals surface area contributed by atoms with Gasteiger partial charge in [-0.1, -0.05) is 53.0 Å². The van der Waals surface area contributed by atoms with E-state index in [1.54, 1.807) is 0 Å². The molecule has 0 aromatic heterocycles. The number of aldehydes is 1. The number of ether oxygens (including phenoxy) is 1. The Hall–Kier alpha value is -0.670. The van der Waals surface area contributed by atoms with Crippen LogP contribution in [-0.2, 0) is 11.2 Å². The molecule has 106 valence electrons. The summed E-state index contributed by atoms with van der Waals surface area (Å²) in [4.78, 5) is 10.5. The molecular formula is C16H23BrO2. The van der Waals surface area contributed by atoms with Crippen LogP contribution in [0, 0.1) is 0 Å². The quantitative estimate of drug-likeness (QED) is 0.342. The lowest BCUT2D eigenvalue weighted by atomic mass is 10.1. The average Bonchev–Trinajstić information content (AvgIpc) is 2.46. The van der Waals surface area contributed by atoms with Gasteiger partial charge in [0.2, 0.25) is 0 Å². The minimum atomic E-state index is 0.739. The summed E-state index contributed by atoms with van der Waals surface area (Å²) in [7, 11) is 0. The van der Waals surface area contributed by atoms with Crippen molar-refractivity contribution in [3.05, 3.63) is 35.4 Å². The van der Waals surface area contributed by atoms with Crippen LogP contribution >= 0.6 is 15.9 Å². The maximum atomic E-state index is 10.5. The lowest BCUT2D eigenvalue weighted by molar-refractivity contribution is 0.112. The van der Waals surface area contributed by atoms with E-state index < -0.39 is 0 Å². The molecule has 0 amide bonds. The zero-order valence-electron chi connectivity index (χ0n) is 11.4. The van der Waals surface area contributed by atoms with Gasteiger partial charge in [-0.2, -0.15) is 0 Å². The molecule has 0 saturated carbocycles. The first-order valence-corrected chi connectivity index (χ1v) is 8.17. The molecule has 0 unspecified atom stereocenters. The first kappa shape index (κ1) is 16.4. The number of carbonyl (C=O) groups is 1. The maximum Gasteiger partial charge on any atom is 0.150 e. The normalized spacial score (nSPS) is 10.6. The van der Waals surface area contributed by atoms with Crippen molar-refractivity contribution in [2.24, 2.45) is 0 Å². The minimum absolute atomic E-state index is 0.739. The number of unbranched alkanes of at least 4 members (excludes halogenated alkanes) is 3. The van der Waals surface area contributed by atoms with Crippen LogP contribution in [0.5, 0.6) is 0 Å². The first-order valence-electron chi connectivity index (χ1n) is 7.04. The summed E-state index contributed by atoms with van der Waals surface area (Å²) in [6, 6.07) is 7.77. The molecule has 0 atom stereocenters. The predicted molar refractivity (Wildman–Crippen MR) is 83.2 cm³/mol.